The Morgan fingerprint density at radius 2 is 1.95 bits per heavy atom. The largest absolute Gasteiger partial charge is 0.497 e. The molecule has 0 saturated heterocycles. The average molecular weight is 387 g/mol. The van der Waals surface area contributed by atoms with Crippen molar-refractivity contribution < 1.29 is 9.47 Å². The first kappa shape index (κ1) is 14.2. The van der Waals surface area contributed by atoms with E-state index in [0.29, 0.717) is 12.3 Å². The number of anilines is 1. The number of nitrogen functional groups attached to an aromatic ring is 1. The summed E-state index contributed by atoms with van der Waals surface area (Å²) in [5.41, 5.74) is 7.54. The Labute approximate surface area is 129 Å². The molecule has 0 bridgehead atoms. The minimum atomic E-state index is 0.441. The van der Waals surface area contributed by atoms with Gasteiger partial charge in [-0.05, 0) is 56.1 Å². The fourth-order valence-corrected chi connectivity index (χ4v) is 2.44. The first-order valence-electron chi connectivity index (χ1n) is 5.61. The van der Waals surface area contributed by atoms with E-state index in [2.05, 4.69) is 31.9 Å². The molecule has 0 aliphatic carbocycles. The van der Waals surface area contributed by atoms with Crippen LogP contribution < -0.4 is 15.2 Å². The van der Waals surface area contributed by atoms with Crippen LogP contribution in [0.25, 0.3) is 0 Å². The molecule has 19 heavy (non-hydrogen) atoms. The third kappa shape index (κ3) is 3.42. The lowest BCUT2D eigenvalue weighted by Crippen LogP contribution is -1.99. The molecule has 2 aromatic carbocycles. The summed E-state index contributed by atoms with van der Waals surface area (Å²) in [5, 5.41) is 0. The van der Waals surface area contributed by atoms with Gasteiger partial charge >= 0.3 is 0 Å². The Kier molecular flexibility index (Phi) is 4.71. The normalized spacial score (nSPS) is 10.3. The highest BCUT2D eigenvalue weighted by Crippen LogP contribution is 2.31. The van der Waals surface area contributed by atoms with Crippen LogP contribution in [0.4, 0.5) is 5.69 Å². The molecule has 0 radical (unpaired) electrons. The van der Waals surface area contributed by atoms with Crippen LogP contribution in [0.15, 0.2) is 45.3 Å². The zero-order valence-electron chi connectivity index (χ0n) is 10.3. The second-order valence-corrected chi connectivity index (χ2v) is 5.55. The number of ether oxygens (including phenoxy) is 2. The van der Waals surface area contributed by atoms with Gasteiger partial charge in [0.1, 0.15) is 18.1 Å². The molecular weight excluding hydrogens is 374 g/mol. The van der Waals surface area contributed by atoms with Gasteiger partial charge in [-0.1, -0.05) is 12.1 Å². The van der Waals surface area contributed by atoms with Crippen molar-refractivity contribution in [3.05, 3.63) is 50.9 Å². The van der Waals surface area contributed by atoms with Crippen molar-refractivity contribution in [1.29, 1.82) is 0 Å². The standard InChI is InChI=1S/C14H13Br2NO2/c1-18-10-5-6-13(11(15)7-10)19-8-9-3-2-4-12(17)14(9)16/h2-7H,8,17H2,1H3. The molecule has 0 amide bonds. The van der Waals surface area contributed by atoms with E-state index < -0.39 is 0 Å². The third-order valence-electron chi connectivity index (χ3n) is 2.63. The van der Waals surface area contributed by atoms with E-state index in [-0.39, 0.29) is 0 Å². The maximum atomic E-state index is 5.83. The van der Waals surface area contributed by atoms with Crippen LogP contribution in [0.5, 0.6) is 11.5 Å². The first-order chi connectivity index (χ1) is 9.11. The van der Waals surface area contributed by atoms with Crippen LogP contribution in [0.1, 0.15) is 5.56 Å². The summed E-state index contributed by atoms with van der Waals surface area (Å²) in [6, 6.07) is 11.3. The van der Waals surface area contributed by atoms with E-state index in [1.54, 1.807) is 7.11 Å². The van der Waals surface area contributed by atoms with Crippen molar-refractivity contribution in [3.8, 4) is 11.5 Å². The van der Waals surface area contributed by atoms with Gasteiger partial charge in [-0.25, -0.2) is 0 Å². The molecule has 0 aromatic heterocycles. The monoisotopic (exact) mass is 385 g/mol. The summed E-state index contributed by atoms with van der Waals surface area (Å²) in [7, 11) is 1.63. The topological polar surface area (TPSA) is 44.5 Å². The molecule has 0 spiro atoms. The Morgan fingerprint density at radius 3 is 2.63 bits per heavy atom. The summed E-state index contributed by atoms with van der Waals surface area (Å²) in [6.07, 6.45) is 0. The second-order valence-electron chi connectivity index (χ2n) is 3.91. The molecule has 100 valence electrons. The molecule has 0 fully saturated rings. The van der Waals surface area contributed by atoms with Crippen molar-refractivity contribution in [3.63, 3.8) is 0 Å². The highest BCUT2D eigenvalue weighted by atomic mass is 79.9. The molecule has 0 heterocycles. The van der Waals surface area contributed by atoms with Gasteiger partial charge in [-0.3, -0.25) is 0 Å². The molecule has 2 aromatic rings. The van der Waals surface area contributed by atoms with Gasteiger partial charge in [0.2, 0.25) is 0 Å². The highest BCUT2D eigenvalue weighted by Gasteiger charge is 2.06. The Bertz CT molecular complexity index is 588. The average Bonchev–Trinajstić information content (AvgIpc) is 2.41. The van der Waals surface area contributed by atoms with Gasteiger partial charge in [0.05, 0.1) is 11.6 Å². The number of halogens is 2. The van der Waals surface area contributed by atoms with Crippen molar-refractivity contribution >= 4 is 37.5 Å². The van der Waals surface area contributed by atoms with Crippen LogP contribution in [0, 0.1) is 0 Å². The summed E-state index contributed by atoms with van der Waals surface area (Å²) in [5.74, 6) is 1.54. The number of benzene rings is 2. The minimum absolute atomic E-state index is 0.441. The Balaban J connectivity index is 2.12. The SMILES string of the molecule is COc1ccc(OCc2cccc(N)c2Br)c(Br)c1. The lowest BCUT2D eigenvalue weighted by molar-refractivity contribution is 0.303. The number of hydrogen-bond donors (Lipinski definition) is 1. The maximum absolute atomic E-state index is 5.83. The van der Waals surface area contributed by atoms with E-state index in [1.807, 2.05) is 36.4 Å². The maximum Gasteiger partial charge on any atom is 0.134 e. The molecule has 0 aliphatic rings. The second kappa shape index (κ2) is 6.30. The highest BCUT2D eigenvalue weighted by molar-refractivity contribution is 9.11. The van der Waals surface area contributed by atoms with E-state index in [1.165, 1.54) is 0 Å². The summed E-state index contributed by atoms with van der Waals surface area (Å²) < 4.78 is 12.6. The molecule has 0 atom stereocenters. The number of hydrogen-bond acceptors (Lipinski definition) is 3. The lowest BCUT2D eigenvalue weighted by atomic mass is 10.2. The van der Waals surface area contributed by atoms with Gasteiger partial charge in [-0.15, -0.1) is 0 Å². The molecule has 0 saturated carbocycles. The van der Waals surface area contributed by atoms with Crippen molar-refractivity contribution in [1.82, 2.24) is 0 Å². The number of rotatable bonds is 4. The fraction of sp³-hybridized carbons (Fsp3) is 0.143. The summed E-state index contributed by atoms with van der Waals surface area (Å²) in [4.78, 5) is 0. The van der Waals surface area contributed by atoms with Gasteiger partial charge in [-0.2, -0.15) is 0 Å². The number of nitrogens with two attached hydrogens (primary N) is 1. The van der Waals surface area contributed by atoms with Gasteiger partial charge in [0, 0.05) is 15.7 Å². The molecular formula is C14H13Br2NO2. The molecule has 2 N–H and O–H groups in total. The van der Waals surface area contributed by atoms with Gasteiger partial charge in [0.15, 0.2) is 0 Å². The van der Waals surface area contributed by atoms with Crippen molar-refractivity contribution in [2.45, 2.75) is 6.61 Å². The summed E-state index contributed by atoms with van der Waals surface area (Å²) in [6.45, 7) is 0.441. The van der Waals surface area contributed by atoms with E-state index in [0.717, 1.165) is 26.0 Å². The Hall–Kier alpha value is -1.20. The van der Waals surface area contributed by atoms with Crippen LogP contribution in [-0.4, -0.2) is 7.11 Å². The molecule has 0 aliphatic heterocycles. The number of methoxy groups -OCH3 is 1. The van der Waals surface area contributed by atoms with Crippen LogP contribution in [0.3, 0.4) is 0 Å². The molecule has 0 unspecified atom stereocenters. The zero-order valence-corrected chi connectivity index (χ0v) is 13.5. The van der Waals surface area contributed by atoms with E-state index in [9.17, 15) is 0 Å². The molecule has 5 heteroatoms. The minimum Gasteiger partial charge on any atom is -0.497 e. The molecule has 3 nitrogen and oxygen atoms in total. The van der Waals surface area contributed by atoms with Crippen molar-refractivity contribution in [2.75, 3.05) is 12.8 Å². The fourth-order valence-electron chi connectivity index (χ4n) is 1.59. The Morgan fingerprint density at radius 1 is 1.16 bits per heavy atom. The van der Waals surface area contributed by atoms with E-state index >= 15 is 0 Å². The smallest absolute Gasteiger partial charge is 0.134 e. The predicted molar refractivity (Wildman–Crippen MR) is 83.6 cm³/mol. The molecule has 2 rings (SSSR count). The van der Waals surface area contributed by atoms with E-state index in [4.69, 9.17) is 15.2 Å². The first-order valence-corrected chi connectivity index (χ1v) is 7.19. The van der Waals surface area contributed by atoms with Crippen LogP contribution >= 0.6 is 31.9 Å². The summed E-state index contributed by atoms with van der Waals surface area (Å²) >= 11 is 6.91. The van der Waals surface area contributed by atoms with Gasteiger partial charge < -0.3 is 15.2 Å². The van der Waals surface area contributed by atoms with Gasteiger partial charge in [0.25, 0.3) is 0 Å². The predicted octanol–water partition coefficient (Wildman–Crippen LogP) is 4.38. The van der Waals surface area contributed by atoms with Crippen molar-refractivity contribution in [2.24, 2.45) is 0 Å². The van der Waals surface area contributed by atoms with Crippen LogP contribution in [0.2, 0.25) is 0 Å². The van der Waals surface area contributed by atoms with Crippen LogP contribution in [-0.2, 0) is 6.61 Å². The lowest BCUT2D eigenvalue weighted by Gasteiger charge is -2.11. The third-order valence-corrected chi connectivity index (χ3v) is 4.22. The zero-order chi connectivity index (χ0) is 13.8. The quantitative estimate of drug-likeness (QED) is 0.793.